The minimum Gasteiger partial charge on any atom is -0.320 e. The Balaban J connectivity index is 2.30. The zero-order chi connectivity index (χ0) is 14.0. The summed E-state index contributed by atoms with van der Waals surface area (Å²) in [6.45, 7) is 2.44. The van der Waals surface area contributed by atoms with E-state index in [1.807, 2.05) is 6.92 Å². The van der Waals surface area contributed by atoms with Gasteiger partial charge in [0.25, 0.3) is 5.69 Å². The van der Waals surface area contributed by atoms with Gasteiger partial charge in [-0.2, -0.15) is 0 Å². The van der Waals surface area contributed by atoms with E-state index in [9.17, 15) is 14.9 Å². The van der Waals surface area contributed by atoms with E-state index in [1.165, 1.54) is 6.07 Å². The third-order valence-corrected chi connectivity index (χ3v) is 3.38. The van der Waals surface area contributed by atoms with E-state index in [4.69, 9.17) is 5.73 Å². The summed E-state index contributed by atoms with van der Waals surface area (Å²) < 4.78 is 0. The maximum Gasteiger partial charge on any atom is 0.274 e. The van der Waals surface area contributed by atoms with Crippen molar-refractivity contribution >= 4 is 17.3 Å². The number of benzene rings is 1. The van der Waals surface area contributed by atoms with E-state index in [1.54, 1.807) is 17.0 Å². The molecule has 2 N–H and O–H groups in total. The number of rotatable bonds is 4. The van der Waals surface area contributed by atoms with Gasteiger partial charge in [-0.05, 0) is 18.9 Å². The molecule has 0 radical (unpaired) electrons. The number of nitro benzene ring substituents is 1. The van der Waals surface area contributed by atoms with Crippen LogP contribution in [-0.2, 0) is 11.2 Å². The normalized spacial score (nSPS) is 15.2. The van der Waals surface area contributed by atoms with Gasteiger partial charge in [0.1, 0.15) is 0 Å². The Kier molecular flexibility index (Phi) is 3.80. The molecule has 1 aliphatic heterocycles. The lowest BCUT2D eigenvalue weighted by Gasteiger charge is -2.21. The molecule has 0 aliphatic carbocycles. The molecule has 0 aromatic heterocycles. The zero-order valence-corrected chi connectivity index (χ0v) is 10.8. The van der Waals surface area contributed by atoms with Crippen LogP contribution in [-0.4, -0.2) is 23.4 Å². The van der Waals surface area contributed by atoms with Crippen molar-refractivity contribution in [3.05, 3.63) is 33.9 Å². The summed E-state index contributed by atoms with van der Waals surface area (Å²) in [5.41, 5.74) is 7.18. The lowest BCUT2D eigenvalue weighted by Crippen LogP contribution is -2.43. The van der Waals surface area contributed by atoms with Gasteiger partial charge in [0, 0.05) is 12.6 Å². The van der Waals surface area contributed by atoms with E-state index >= 15 is 0 Å². The first-order valence-electron chi connectivity index (χ1n) is 6.39. The predicted octanol–water partition coefficient (Wildman–Crippen LogP) is 1.61. The van der Waals surface area contributed by atoms with E-state index in [0.29, 0.717) is 30.6 Å². The quantitative estimate of drug-likeness (QED) is 0.660. The Hall–Kier alpha value is -1.95. The maximum atomic E-state index is 12.2. The Morgan fingerprint density at radius 1 is 1.58 bits per heavy atom. The molecule has 0 fully saturated rings. The number of hydrogen-bond acceptors (Lipinski definition) is 4. The van der Waals surface area contributed by atoms with Gasteiger partial charge in [-0.25, -0.2) is 0 Å². The SMILES string of the molecule is CCCC(N)C(=O)N1CCc2c1cccc2[N+](=O)[O-]. The van der Waals surface area contributed by atoms with Gasteiger partial charge in [-0.15, -0.1) is 0 Å². The van der Waals surface area contributed by atoms with Crippen LogP contribution in [0.5, 0.6) is 0 Å². The number of nitro groups is 1. The molecule has 102 valence electrons. The third-order valence-electron chi connectivity index (χ3n) is 3.38. The molecular weight excluding hydrogens is 246 g/mol. The highest BCUT2D eigenvalue weighted by molar-refractivity contribution is 5.99. The second-order valence-corrected chi connectivity index (χ2v) is 4.67. The van der Waals surface area contributed by atoms with Crippen molar-refractivity contribution in [3.63, 3.8) is 0 Å². The number of fused-ring (bicyclic) bond motifs is 1. The van der Waals surface area contributed by atoms with E-state index in [-0.39, 0.29) is 11.6 Å². The fraction of sp³-hybridized carbons (Fsp3) is 0.462. The molecule has 6 heteroatoms. The van der Waals surface area contributed by atoms with E-state index in [2.05, 4.69) is 0 Å². The fourth-order valence-electron chi connectivity index (χ4n) is 2.45. The first-order valence-corrected chi connectivity index (χ1v) is 6.39. The first-order chi connectivity index (χ1) is 9.06. The molecule has 1 aromatic rings. The second kappa shape index (κ2) is 5.36. The summed E-state index contributed by atoms with van der Waals surface area (Å²) in [6.07, 6.45) is 1.97. The zero-order valence-electron chi connectivity index (χ0n) is 10.8. The molecule has 2 rings (SSSR count). The van der Waals surface area contributed by atoms with Crippen molar-refractivity contribution in [2.24, 2.45) is 5.73 Å². The van der Waals surface area contributed by atoms with Crippen LogP contribution in [0, 0.1) is 10.1 Å². The van der Waals surface area contributed by atoms with Crippen LogP contribution in [0.1, 0.15) is 25.3 Å². The highest BCUT2D eigenvalue weighted by Crippen LogP contribution is 2.35. The highest BCUT2D eigenvalue weighted by atomic mass is 16.6. The number of anilines is 1. The molecule has 0 saturated carbocycles. The molecule has 0 bridgehead atoms. The fourth-order valence-corrected chi connectivity index (χ4v) is 2.45. The Morgan fingerprint density at radius 3 is 2.95 bits per heavy atom. The summed E-state index contributed by atoms with van der Waals surface area (Å²) in [5, 5.41) is 11.0. The van der Waals surface area contributed by atoms with Gasteiger partial charge < -0.3 is 10.6 Å². The minimum absolute atomic E-state index is 0.0804. The van der Waals surface area contributed by atoms with Gasteiger partial charge in [0.15, 0.2) is 0 Å². The molecule has 19 heavy (non-hydrogen) atoms. The van der Waals surface area contributed by atoms with Gasteiger partial charge in [-0.3, -0.25) is 14.9 Å². The number of nitrogens with zero attached hydrogens (tertiary/aromatic N) is 2. The van der Waals surface area contributed by atoms with E-state index in [0.717, 1.165) is 6.42 Å². The molecular formula is C13H17N3O3. The molecule has 0 saturated heterocycles. The van der Waals surface area contributed by atoms with Crippen LogP contribution in [0.2, 0.25) is 0 Å². The van der Waals surface area contributed by atoms with Gasteiger partial charge in [0.05, 0.1) is 22.2 Å². The molecule has 1 unspecified atom stereocenters. The van der Waals surface area contributed by atoms with Crippen LogP contribution < -0.4 is 10.6 Å². The summed E-state index contributed by atoms with van der Waals surface area (Å²) >= 11 is 0. The lowest BCUT2D eigenvalue weighted by atomic mass is 10.1. The number of hydrogen-bond donors (Lipinski definition) is 1. The molecule has 1 amide bonds. The minimum atomic E-state index is -0.532. The summed E-state index contributed by atoms with van der Waals surface area (Å²) in [4.78, 5) is 24.3. The standard InChI is InChI=1S/C13H17N3O3/c1-2-4-10(14)13(17)15-8-7-9-11(15)5-3-6-12(9)16(18)19/h3,5-6,10H,2,4,7-8,14H2,1H3. The number of nitrogens with two attached hydrogens (primary N) is 1. The Morgan fingerprint density at radius 2 is 2.32 bits per heavy atom. The van der Waals surface area contributed by atoms with Crippen molar-refractivity contribution in [1.82, 2.24) is 0 Å². The topological polar surface area (TPSA) is 89.5 Å². The van der Waals surface area contributed by atoms with Crippen LogP contribution >= 0.6 is 0 Å². The van der Waals surface area contributed by atoms with Crippen molar-refractivity contribution in [1.29, 1.82) is 0 Å². The highest BCUT2D eigenvalue weighted by Gasteiger charge is 2.32. The van der Waals surface area contributed by atoms with Crippen LogP contribution in [0.25, 0.3) is 0 Å². The Labute approximate surface area is 111 Å². The summed E-state index contributed by atoms with van der Waals surface area (Å²) in [6, 6.07) is 4.29. The van der Waals surface area contributed by atoms with Crippen LogP contribution in [0.15, 0.2) is 18.2 Å². The largest absolute Gasteiger partial charge is 0.320 e. The van der Waals surface area contributed by atoms with Crippen molar-refractivity contribution in [2.75, 3.05) is 11.4 Å². The van der Waals surface area contributed by atoms with Crippen molar-refractivity contribution in [3.8, 4) is 0 Å². The predicted molar refractivity (Wildman–Crippen MR) is 72.0 cm³/mol. The maximum absolute atomic E-state index is 12.2. The third kappa shape index (κ3) is 2.44. The lowest BCUT2D eigenvalue weighted by molar-refractivity contribution is -0.385. The molecule has 0 spiro atoms. The summed E-state index contributed by atoms with van der Waals surface area (Å²) in [5.74, 6) is -0.152. The molecule has 1 aromatic carbocycles. The number of carbonyl (C=O) groups excluding carboxylic acids is 1. The molecule has 1 aliphatic rings. The molecule has 1 atom stereocenters. The number of carbonyl (C=O) groups is 1. The second-order valence-electron chi connectivity index (χ2n) is 4.67. The van der Waals surface area contributed by atoms with Gasteiger partial charge in [0.2, 0.25) is 5.91 Å². The molecule has 6 nitrogen and oxygen atoms in total. The average molecular weight is 263 g/mol. The Bertz CT molecular complexity index is 516. The van der Waals surface area contributed by atoms with Gasteiger partial charge >= 0.3 is 0 Å². The van der Waals surface area contributed by atoms with Crippen molar-refractivity contribution in [2.45, 2.75) is 32.2 Å². The first kappa shape index (κ1) is 13.5. The smallest absolute Gasteiger partial charge is 0.274 e. The average Bonchev–Trinajstić information content (AvgIpc) is 2.81. The van der Waals surface area contributed by atoms with Crippen LogP contribution in [0.4, 0.5) is 11.4 Å². The van der Waals surface area contributed by atoms with Crippen LogP contribution in [0.3, 0.4) is 0 Å². The van der Waals surface area contributed by atoms with Crippen molar-refractivity contribution < 1.29 is 9.72 Å². The van der Waals surface area contributed by atoms with E-state index < -0.39 is 11.0 Å². The number of amides is 1. The monoisotopic (exact) mass is 263 g/mol. The summed E-state index contributed by atoms with van der Waals surface area (Å²) in [7, 11) is 0. The van der Waals surface area contributed by atoms with Gasteiger partial charge in [-0.1, -0.05) is 19.4 Å². The molecule has 1 heterocycles.